The Labute approximate surface area is 153 Å². The van der Waals surface area contributed by atoms with Gasteiger partial charge < -0.3 is 10.1 Å². The van der Waals surface area contributed by atoms with Crippen LogP contribution in [0.25, 0.3) is 0 Å². The lowest BCUT2D eigenvalue weighted by molar-refractivity contribution is 0.180. The van der Waals surface area contributed by atoms with Gasteiger partial charge in [-0.2, -0.15) is 0 Å². The fraction of sp³-hybridized carbons (Fsp3) is 0.429. The van der Waals surface area contributed by atoms with E-state index < -0.39 is 0 Å². The average molecular weight is 357 g/mol. The molecule has 2 heterocycles. The standard InChI is InChI=1S/C21H24FNOS/c22-17-6-7-21-18(13-17)19(9-11-25-21)23-20(12-15-8-10-24-14-15)16-4-2-1-3-5-16/h1-7,13,15,19-20,23H,8-12,14H2. The lowest BCUT2D eigenvalue weighted by Crippen LogP contribution is -2.30. The van der Waals surface area contributed by atoms with Crippen molar-refractivity contribution in [2.24, 2.45) is 5.92 Å². The monoisotopic (exact) mass is 357 g/mol. The van der Waals surface area contributed by atoms with Crippen LogP contribution < -0.4 is 5.32 Å². The lowest BCUT2D eigenvalue weighted by atomic mass is 9.92. The molecule has 0 spiro atoms. The van der Waals surface area contributed by atoms with Crippen molar-refractivity contribution in [2.45, 2.75) is 36.2 Å². The minimum Gasteiger partial charge on any atom is -0.381 e. The molecule has 2 aliphatic heterocycles. The third-order valence-electron chi connectivity index (χ3n) is 5.21. The number of halogens is 1. The summed E-state index contributed by atoms with van der Waals surface area (Å²) in [4.78, 5) is 1.21. The largest absolute Gasteiger partial charge is 0.381 e. The van der Waals surface area contributed by atoms with Crippen LogP contribution in [-0.4, -0.2) is 19.0 Å². The fourth-order valence-electron chi connectivity index (χ4n) is 3.87. The fourth-order valence-corrected chi connectivity index (χ4v) is 4.98. The summed E-state index contributed by atoms with van der Waals surface area (Å²) in [7, 11) is 0. The molecular weight excluding hydrogens is 333 g/mol. The van der Waals surface area contributed by atoms with Gasteiger partial charge in [-0.1, -0.05) is 30.3 Å². The zero-order valence-electron chi connectivity index (χ0n) is 14.3. The van der Waals surface area contributed by atoms with Crippen LogP contribution in [0.4, 0.5) is 4.39 Å². The summed E-state index contributed by atoms with van der Waals surface area (Å²) in [6, 6.07) is 16.3. The van der Waals surface area contributed by atoms with E-state index in [1.807, 2.05) is 17.8 Å². The van der Waals surface area contributed by atoms with E-state index in [1.54, 1.807) is 12.1 Å². The van der Waals surface area contributed by atoms with Crippen LogP contribution in [-0.2, 0) is 4.74 Å². The second-order valence-electron chi connectivity index (χ2n) is 6.97. The van der Waals surface area contributed by atoms with Crippen molar-refractivity contribution >= 4 is 11.8 Å². The minimum atomic E-state index is -0.145. The van der Waals surface area contributed by atoms with Gasteiger partial charge in [0, 0.05) is 30.2 Å². The van der Waals surface area contributed by atoms with Gasteiger partial charge in [-0.3, -0.25) is 0 Å². The molecule has 1 saturated heterocycles. The Hall–Kier alpha value is -1.36. The van der Waals surface area contributed by atoms with E-state index in [2.05, 4.69) is 35.6 Å². The van der Waals surface area contributed by atoms with Crippen LogP contribution in [0.3, 0.4) is 0 Å². The molecule has 2 aromatic rings. The van der Waals surface area contributed by atoms with Gasteiger partial charge in [-0.05, 0) is 60.3 Å². The highest BCUT2D eigenvalue weighted by molar-refractivity contribution is 7.99. The van der Waals surface area contributed by atoms with Gasteiger partial charge in [0.25, 0.3) is 0 Å². The molecule has 4 heteroatoms. The maximum Gasteiger partial charge on any atom is 0.123 e. The smallest absolute Gasteiger partial charge is 0.123 e. The molecule has 0 aromatic heterocycles. The summed E-state index contributed by atoms with van der Waals surface area (Å²) in [6.45, 7) is 1.73. The molecule has 3 atom stereocenters. The zero-order valence-corrected chi connectivity index (χ0v) is 15.1. The first-order valence-electron chi connectivity index (χ1n) is 9.10. The van der Waals surface area contributed by atoms with Crippen molar-refractivity contribution in [1.29, 1.82) is 0 Å². The minimum absolute atomic E-state index is 0.145. The first-order valence-corrected chi connectivity index (χ1v) is 10.1. The maximum atomic E-state index is 13.8. The number of ether oxygens (including phenoxy) is 1. The van der Waals surface area contributed by atoms with Crippen molar-refractivity contribution in [2.75, 3.05) is 19.0 Å². The molecule has 4 rings (SSSR count). The number of benzene rings is 2. The Bertz CT molecular complexity index is 702. The predicted octanol–water partition coefficient (Wildman–Crippen LogP) is 5.12. The highest BCUT2D eigenvalue weighted by Gasteiger charge is 2.27. The highest BCUT2D eigenvalue weighted by atomic mass is 32.2. The topological polar surface area (TPSA) is 21.3 Å². The maximum absolute atomic E-state index is 13.8. The summed E-state index contributed by atoms with van der Waals surface area (Å²) in [6.07, 6.45) is 3.24. The Morgan fingerprint density at radius 1 is 1.16 bits per heavy atom. The molecule has 2 aromatic carbocycles. The van der Waals surface area contributed by atoms with Gasteiger partial charge in [0.15, 0.2) is 0 Å². The van der Waals surface area contributed by atoms with E-state index in [0.29, 0.717) is 5.92 Å². The second kappa shape index (κ2) is 7.90. The lowest BCUT2D eigenvalue weighted by Gasteiger charge is -2.31. The third kappa shape index (κ3) is 4.08. The summed E-state index contributed by atoms with van der Waals surface area (Å²) in [5.41, 5.74) is 2.42. The van der Waals surface area contributed by atoms with E-state index in [9.17, 15) is 4.39 Å². The van der Waals surface area contributed by atoms with Crippen molar-refractivity contribution in [3.8, 4) is 0 Å². The highest BCUT2D eigenvalue weighted by Crippen LogP contribution is 2.39. The number of hydrogen-bond donors (Lipinski definition) is 1. The van der Waals surface area contributed by atoms with Crippen LogP contribution in [0, 0.1) is 11.7 Å². The SMILES string of the molecule is Fc1ccc2c(c1)C(NC(CC1CCOC1)c1ccccc1)CCS2. The van der Waals surface area contributed by atoms with Gasteiger partial charge in [0.1, 0.15) is 5.82 Å². The van der Waals surface area contributed by atoms with Crippen LogP contribution >= 0.6 is 11.8 Å². The second-order valence-corrected chi connectivity index (χ2v) is 8.10. The number of hydrogen-bond acceptors (Lipinski definition) is 3. The summed E-state index contributed by atoms with van der Waals surface area (Å²) in [5.74, 6) is 1.53. The molecule has 0 aliphatic carbocycles. The van der Waals surface area contributed by atoms with E-state index in [1.165, 1.54) is 10.5 Å². The van der Waals surface area contributed by atoms with Crippen LogP contribution in [0.1, 0.15) is 42.5 Å². The van der Waals surface area contributed by atoms with E-state index in [-0.39, 0.29) is 17.9 Å². The third-order valence-corrected chi connectivity index (χ3v) is 6.33. The molecule has 0 amide bonds. The molecule has 0 saturated carbocycles. The first kappa shape index (κ1) is 17.1. The van der Waals surface area contributed by atoms with E-state index in [4.69, 9.17) is 4.74 Å². The summed E-state index contributed by atoms with van der Waals surface area (Å²) >= 11 is 1.83. The van der Waals surface area contributed by atoms with E-state index >= 15 is 0 Å². The number of rotatable bonds is 5. The molecule has 132 valence electrons. The van der Waals surface area contributed by atoms with Gasteiger partial charge in [-0.15, -0.1) is 11.8 Å². The van der Waals surface area contributed by atoms with Crippen LogP contribution in [0.2, 0.25) is 0 Å². The number of nitrogens with one attached hydrogen (secondary N) is 1. The van der Waals surface area contributed by atoms with Gasteiger partial charge >= 0.3 is 0 Å². The molecular formula is C21H24FNOS. The molecule has 2 aliphatic rings. The van der Waals surface area contributed by atoms with E-state index in [0.717, 1.165) is 43.8 Å². The van der Waals surface area contributed by atoms with Crippen LogP contribution in [0.5, 0.6) is 0 Å². The average Bonchev–Trinajstić information content (AvgIpc) is 3.15. The molecule has 2 nitrogen and oxygen atoms in total. The molecule has 25 heavy (non-hydrogen) atoms. The first-order chi connectivity index (χ1) is 12.3. The Balaban J connectivity index is 1.57. The normalized spacial score (nSPS) is 24.0. The molecule has 0 radical (unpaired) electrons. The quantitative estimate of drug-likeness (QED) is 0.802. The van der Waals surface area contributed by atoms with Crippen molar-refractivity contribution in [3.05, 3.63) is 65.5 Å². The Morgan fingerprint density at radius 3 is 2.84 bits per heavy atom. The zero-order chi connectivity index (χ0) is 17.1. The van der Waals surface area contributed by atoms with Gasteiger partial charge in [0.05, 0.1) is 0 Å². The van der Waals surface area contributed by atoms with Gasteiger partial charge in [-0.25, -0.2) is 4.39 Å². The number of fused-ring (bicyclic) bond motifs is 1. The predicted molar refractivity (Wildman–Crippen MR) is 100 cm³/mol. The van der Waals surface area contributed by atoms with Crippen molar-refractivity contribution in [1.82, 2.24) is 5.32 Å². The van der Waals surface area contributed by atoms with Crippen molar-refractivity contribution in [3.63, 3.8) is 0 Å². The summed E-state index contributed by atoms with van der Waals surface area (Å²) in [5, 5.41) is 3.85. The Kier molecular flexibility index (Phi) is 5.39. The molecule has 3 unspecified atom stereocenters. The van der Waals surface area contributed by atoms with Crippen LogP contribution in [0.15, 0.2) is 53.4 Å². The van der Waals surface area contributed by atoms with Gasteiger partial charge in [0.2, 0.25) is 0 Å². The van der Waals surface area contributed by atoms with Crippen molar-refractivity contribution < 1.29 is 9.13 Å². The number of thioether (sulfide) groups is 1. The molecule has 1 fully saturated rings. The summed E-state index contributed by atoms with van der Waals surface area (Å²) < 4.78 is 19.4. The Morgan fingerprint density at radius 2 is 2.04 bits per heavy atom. The molecule has 1 N–H and O–H groups in total. The molecule has 0 bridgehead atoms.